The molecular weight excluding hydrogens is 350 g/mol. The highest BCUT2D eigenvalue weighted by molar-refractivity contribution is 7.90. The van der Waals surface area contributed by atoms with Crippen LogP contribution in [0, 0.1) is 0 Å². The first-order valence-corrected chi connectivity index (χ1v) is 9.97. The monoisotopic (exact) mass is 369 g/mol. The zero-order chi connectivity index (χ0) is 18.9. The van der Waals surface area contributed by atoms with Crippen LogP contribution < -0.4 is 5.32 Å². The topological polar surface area (TPSA) is 83.5 Å². The lowest BCUT2D eigenvalue weighted by atomic mass is 10.0. The van der Waals surface area contributed by atoms with Crippen molar-refractivity contribution in [3.8, 4) is 5.75 Å². The maximum Gasteiger partial charge on any atom is 0.255 e. The molecule has 0 radical (unpaired) electrons. The van der Waals surface area contributed by atoms with Gasteiger partial charge in [0.1, 0.15) is 5.75 Å². The van der Waals surface area contributed by atoms with E-state index in [1.165, 1.54) is 12.1 Å². The lowest BCUT2D eigenvalue weighted by Crippen LogP contribution is -2.26. The number of nitrogens with one attached hydrogen (secondary N) is 1. The maximum absolute atomic E-state index is 12.6. The van der Waals surface area contributed by atoms with Gasteiger partial charge in [-0.15, -0.1) is 0 Å². The van der Waals surface area contributed by atoms with Gasteiger partial charge in [0.2, 0.25) is 0 Å². The molecule has 3 aromatic rings. The standard InChI is InChI=1S/C20H19NO4S/c1-13(14-7-9-17(10-8-14)26(2,24)25)21-20(23)18-11-15-5-3-4-6-16(15)12-19(18)22/h3-13,22H,1-2H3,(H,21,23)/t13-/m1/s1. The summed E-state index contributed by atoms with van der Waals surface area (Å²) in [5.74, 6) is -0.478. The SMILES string of the molecule is C[C@@H](NC(=O)c1cc2ccccc2cc1O)c1ccc(S(C)(=O)=O)cc1. The van der Waals surface area contributed by atoms with Crippen molar-refractivity contribution in [2.45, 2.75) is 17.9 Å². The van der Waals surface area contributed by atoms with Gasteiger partial charge in [0, 0.05) is 6.26 Å². The Morgan fingerprint density at radius 1 is 1.00 bits per heavy atom. The summed E-state index contributed by atoms with van der Waals surface area (Å²) >= 11 is 0. The molecule has 0 aromatic heterocycles. The molecule has 0 aliphatic rings. The number of carbonyl (C=O) groups excluding carboxylic acids is 1. The summed E-state index contributed by atoms with van der Waals surface area (Å²) in [6.07, 6.45) is 1.15. The van der Waals surface area contributed by atoms with E-state index in [0.717, 1.165) is 22.6 Å². The van der Waals surface area contributed by atoms with E-state index < -0.39 is 15.7 Å². The van der Waals surface area contributed by atoms with Gasteiger partial charge >= 0.3 is 0 Å². The molecule has 2 N–H and O–H groups in total. The van der Waals surface area contributed by atoms with Crippen LogP contribution in [0.2, 0.25) is 0 Å². The number of sulfone groups is 1. The second kappa shape index (κ2) is 6.80. The van der Waals surface area contributed by atoms with Crippen LogP contribution in [0.5, 0.6) is 5.75 Å². The number of rotatable bonds is 4. The third-order valence-electron chi connectivity index (χ3n) is 4.26. The summed E-state index contributed by atoms with van der Waals surface area (Å²) in [5, 5.41) is 14.7. The Kier molecular flexibility index (Phi) is 4.70. The molecular formula is C20H19NO4S. The van der Waals surface area contributed by atoms with Gasteiger partial charge in [-0.05, 0) is 47.5 Å². The van der Waals surface area contributed by atoms with Crippen LogP contribution in [-0.2, 0) is 9.84 Å². The van der Waals surface area contributed by atoms with Crippen molar-refractivity contribution in [3.63, 3.8) is 0 Å². The van der Waals surface area contributed by atoms with Crippen molar-refractivity contribution in [2.24, 2.45) is 0 Å². The number of phenols is 1. The van der Waals surface area contributed by atoms with Crippen molar-refractivity contribution in [1.29, 1.82) is 0 Å². The predicted molar refractivity (Wildman–Crippen MR) is 101 cm³/mol. The molecule has 5 nitrogen and oxygen atoms in total. The van der Waals surface area contributed by atoms with E-state index >= 15 is 0 Å². The van der Waals surface area contributed by atoms with Gasteiger partial charge in [0.25, 0.3) is 5.91 Å². The molecule has 26 heavy (non-hydrogen) atoms. The summed E-state index contributed by atoms with van der Waals surface area (Å²) in [4.78, 5) is 12.8. The third-order valence-corrected chi connectivity index (χ3v) is 5.39. The van der Waals surface area contributed by atoms with Gasteiger partial charge < -0.3 is 10.4 Å². The molecule has 3 aromatic carbocycles. The minimum Gasteiger partial charge on any atom is -0.507 e. The number of phenolic OH excluding ortho intramolecular Hbond substituents is 1. The normalized spacial score (nSPS) is 12.7. The average molecular weight is 369 g/mol. The first kappa shape index (κ1) is 17.9. The Hall–Kier alpha value is -2.86. The molecule has 0 aliphatic carbocycles. The lowest BCUT2D eigenvalue weighted by Gasteiger charge is -2.16. The van der Waals surface area contributed by atoms with Crippen LogP contribution in [0.15, 0.2) is 65.6 Å². The summed E-state index contributed by atoms with van der Waals surface area (Å²) in [6.45, 7) is 1.80. The fourth-order valence-electron chi connectivity index (χ4n) is 2.77. The molecule has 0 spiro atoms. The largest absolute Gasteiger partial charge is 0.507 e. The summed E-state index contributed by atoms with van der Waals surface area (Å²) in [6, 6.07) is 16.7. The Morgan fingerprint density at radius 3 is 2.15 bits per heavy atom. The highest BCUT2D eigenvalue weighted by Crippen LogP contribution is 2.26. The Labute approximate surface area is 152 Å². The second-order valence-corrected chi connectivity index (χ2v) is 8.27. The highest BCUT2D eigenvalue weighted by Gasteiger charge is 2.16. The van der Waals surface area contributed by atoms with Crippen molar-refractivity contribution in [2.75, 3.05) is 6.26 Å². The molecule has 0 saturated heterocycles. The molecule has 0 aliphatic heterocycles. The molecule has 0 bridgehead atoms. The van der Waals surface area contributed by atoms with E-state index in [2.05, 4.69) is 5.32 Å². The predicted octanol–water partition coefficient (Wildman–Crippen LogP) is 3.44. The molecule has 0 saturated carbocycles. The van der Waals surface area contributed by atoms with Crippen molar-refractivity contribution < 1.29 is 18.3 Å². The third kappa shape index (κ3) is 3.70. The maximum atomic E-state index is 12.6. The minimum absolute atomic E-state index is 0.0826. The first-order chi connectivity index (χ1) is 12.3. The smallest absolute Gasteiger partial charge is 0.255 e. The number of benzene rings is 3. The summed E-state index contributed by atoms with van der Waals surface area (Å²) in [7, 11) is -3.26. The van der Waals surface area contributed by atoms with E-state index in [4.69, 9.17) is 0 Å². The van der Waals surface area contributed by atoms with Crippen LogP contribution in [0.3, 0.4) is 0 Å². The van der Waals surface area contributed by atoms with Crippen molar-refractivity contribution in [3.05, 3.63) is 71.8 Å². The van der Waals surface area contributed by atoms with Crippen LogP contribution in [-0.4, -0.2) is 25.7 Å². The van der Waals surface area contributed by atoms with E-state index in [1.807, 2.05) is 24.3 Å². The van der Waals surface area contributed by atoms with Gasteiger partial charge in [-0.2, -0.15) is 0 Å². The number of hydrogen-bond acceptors (Lipinski definition) is 4. The molecule has 0 unspecified atom stereocenters. The molecule has 0 fully saturated rings. The van der Waals surface area contributed by atoms with Crippen molar-refractivity contribution >= 4 is 26.5 Å². The first-order valence-electron chi connectivity index (χ1n) is 8.08. The lowest BCUT2D eigenvalue weighted by molar-refractivity contribution is 0.0937. The average Bonchev–Trinajstić information content (AvgIpc) is 2.60. The molecule has 134 valence electrons. The van der Waals surface area contributed by atoms with Gasteiger partial charge in [0.15, 0.2) is 9.84 Å². The quantitative estimate of drug-likeness (QED) is 0.738. The molecule has 6 heteroatoms. The molecule has 0 heterocycles. The van der Waals surface area contributed by atoms with E-state index in [9.17, 15) is 18.3 Å². The summed E-state index contributed by atoms with van der Waals surface area (Å²) < 4.78 is 23.0. The van der Waals surface area contributed by atoms with Gasteiger partial charge in [0.05, 0.1) is 16.5 Å². The molecule has 1 amide bonds. The van der Waals surface area contributed by atoms with E-state index in [1.54, 1.807) is 31.2 Å². The number of hydrogen-bond donors (Lipinski definition) is 2. The van der Waals surface area contributed by atoms with Crippen LogP contribution in [0.1, 0.15) is 28.9 Å². The zero-order valence-corrected chi connectivity index (χ0v) is 15.2. The number of carbonyl (C=O) groups is 1. The Balaban J connectivity index is 1.82. The fraction of sp³-hybridized carbons (Fsp3) is 0.150. The highest BCUT2D eigenvalue weighted by atomic mass is 32.2. The molecule has 3 rings (SSSR count). The van der Waals surface area contributed by atoms with Gasteiger partial charge in [-0.25, -0.2) is 8.42 Å². The number of aromatic hydroxyl groups is 1. The fourth-order valence-corrected chi connectivity index (χ4v) is 3.40. The number of amides is 1. The van der Waals surface area contributed by atoms with Crippen LogP contribution in [0.25, 0.3) is 10.8 Å². The molecule has 1 atom stereocenters. The zero-order valence-electron chi connectivity index (χ0n) is 14.4. The van der Waals surface area contributed by atoms with Gasteiger partial charge in [-0.1, -0.05) is 36.4 Å². The van der Waals surface area contributed by atoms with E-state index in [0.29, 0.717) is 0 Å². The second-order valence-electron chi connectivity index (χ2n) is 6.25. The van der Waals surface area contributed by atoms with Crippen LogP contribution >= 0.6 is 0 Å². The van der Waals surface area contributed by atoms with E-state index in [-0.39, 0.29) is 22.3 Å². The summed E-state index contributed by atoms with van der Waals surface area (Å²) in [5.41, 5.74) is 0.967. The van der Waals surface area contributed by atoms with Crippen LogP contribution in [0.4, 0.5) is 0 Å². The minimum atomic E-state index is -3.26. The van der Waals surface area contributed by atoms with Crippen molar-refractivity contribution in [1.82, 2.24) is 5.32 Å². The Bertz CT molecular complexity index is 1070. The van der Waals surface area contributed by atoms with Gasteiger partial charge in [-0.3, -0.25) is 4.79 Å². The number of fused-ring (bicyclic) bond motifs is 1. The Morgan fingerprint density at radius 2 is 1.58 bits per heavy atom.